The van der Waals surface area contributed by atoms with Crippen molar-refractivity contribution in [3.05, 3.63) is 34.4 Å². The molecule has 0 unspecified atom stereocenters. The van der Waals surface area contributed by atoms with Crippen molar-refractivity contribution in [2.75, 3.05) is 0 Å². The molecule has 0 amide bonds. The molecule has 0 aliphatic carbocycles. The first kappa shape index (κ1) is 25.1. The van der Waals surface area contributed by atoms with E-state index in [4.69, 9.17) is 20.4 Å². The summed E-state index contributed by atoms with van der Waals surface area (Å²) in [5.74, 6) is -3.55. The predicted octanol–water partition coefficient (Wildman–Crippen LogP) is 3.32. The van der Waals surface area contributed by atoms with Gasteiger partial charge in [0, 0.05) is 25.7 Å². The summed E-state index contributed by atoms with van der Waals surface area (Å²) in [4.78, 5) is 43.6. The lowest BCUT2D eigenvalue weighted by molar-refractivity contribution is -0.138. The van der Waals surface area contributed by atoms with E-state index < -0.39 is 23.9 Å². The average molecular weight is 422 g/mol. The molecule has 8 heteroatoms. The van der Waals surface area contributed by atoms with Crippen LogP contribution in [0.25, 0.3) is 0 Å². The number of carboxylic acids is 4. The first-order valence-corrected chi connectivity index (χ1v) is 10.2. The SMILES string of the molecule is O=C(O)CCCc1ccc(CCCC(=O)O)c(CCCC(=O)O)c1CCCC(=O)O. The maximum absolute atomic E-state index is 10.9. The molecule has 8 nitrogen and oxygen atoms in total. The second-order valence-electron chi connectivity index (χ2n) is 7.33. The number of aryl methyl sites for hydroxylation is 2. The predicted molar refractivity (Wildman–Crippen MR) is 109 cm³/mol. The lowest BCUT2D eigenvalue weighted by Gasteiger charge is -2.19. The normalized spacial score (nSPS) is 10.7. The molecule has 0 aliphatic heterocycles. The zero-order chi connectivity index (χ0) is 22.5. The van der Waals surface area contributed by atoms with Gasteiger partial charge >= 0.3 is 23.9 Å². The van der Waals surface area contributed by atoms with Gasteiger partial charge in [-0.05, 0) is 73.6 Å². The zero-order valence-electron chi connectivity index (χ0n) is 17.1. The van der Waals surface area contributed by atoms with Gasteiger partial charge in [0.05, 0.1) is 0 Å². The second-order valence-corrected chi connectivity index (χ2v) is 7.33. The maximum atomic E-state index is 10.9. The summed E-state index contributed by atoms with van der Waals surface area (Å²) in [6.07, 6.45) is 3.91. The van der Waals surface area contributed by atoms with Gasteiger partial charge in [0.1, 0.15) is 0 Å². The molecule has 0 saturated carbocycles. The van der Waals surface area contributed by atoms with Gasteiger partial charge in [-0.15, -0.1) is 0 Å². The van der Waals surface area contributed by atoms with Crippen LogP contribution in [0.1, 0.15) is 73.6 Å². The van der Waals surface area contributed by atoms with Crippen molar-refractivity contribution in [1.82, 2.24) is 0 Å². The van der Waals surface area contributed by atoms with Gasteiger partial charge in [-0.1, -0.05) is 12.1 Å². The Morgan fingerprint density at radius 1 is 0.500 bits per heavy atom. The van der Waals surface area contributed by atoms with Gasteiger partial charge in [-0.3, -0.25) is 19.2 Å². The fourth-order valence-corrected chi connectivity index (χ4v) is 3.57. The van der Waals surface area contributed by atoms with Crippen LogP contribution in [-0.4, -0.2) is 44.3 Å². The standard InChI is InChI=1S/C22H30O8/c23-19(24)9-1-5-15-13-14-16(6-2-10-20(25)26)18(8-4-12-22(29)30)17(15)7-3-11-21(27)28/h13-14H,1-12H2,(H,23,24)(H,25,26)(H,27,28)(H,29,30). The number of benzene rings is 1. The Bertz CT molecular complexity index is 691. The molecule has 0 bridgehead atoms. The average Bonchev–Trinajstić information content (AvgIpc) is 2.63. The molecule has 0 spiro atoms. The Kier molecular flexibility index (Phi) is 11.2. The second kappa shape index (κ2) is 13.3. The Hall–Kier alpha value is -2.90. The summed E-state index contributed by atoms with van der Waals surface area (Å²) in [5.41, 5.74) is 3.82. The lowest BCUT2D eigenvalue weighted by Crippen LogP contribution is -2.09. The summed E-state index contributed by atoms with van der Waals surface area (Å²) in [5, 5.41) is 35.7. The third-order valence-corrected chi connectivity index (χ3v) is 4.93. The van der Waals surface area contributed by atoms with E-state index in [0.29, 0.717) is 51.4 Å². The summed E-state index contributed by atoms with van der Waals surface area (Å²) in [6, 6.07) is 3.82. The highest BCUT2D eigenvalue weighted by atomic mass is 16.4. The molecular formula is C22H30O8. The van der Waals surface area contributed by atoms with Gasteiger partial charge in [-0.2, -0.15) is 0 Å². The van der Waals surface area contributed by atoms with Gasteiger partial charge in [0.2, 0.25) is 0 Å². The number of hydrogen-bond donors (Lipinski definition) is 4. The molecule has 0 radical (unpaired) electrons. The van der Waals surface area contributed by atoms with Gasteiger partial charge < -0.3 is 20.4 Å². The monoisotopic (exact) mass is 422 g/mol. The highest BCUT2D eigenvalue weighted by molar-refractivity contribution is 5.67. The van der Waals surface area contributed by atoms with Gasteiger partial charge in [0.25, 0.3) is 0 Å². The van der Waals surface area contributed by atoms with Crippen LogP contribution in [0.5, 0.6) is 0 Å². The van der Waals surface area contributed by atoms with Crippen LogP contribution in [0.4, 0.5) is 0 Å². The van der Waals surface area contributed by atoms with Crippen molar-refractivity contribution in [1.29, 1.82) is 0 Å². The van der Waals surface area contributed by atoms with Crippen LogP contribution < -0.4 is 0 Å². The van der Waals surface area contributed by atoms with Crippen LogP contribution in [0.15, 0.2) is 12.1 Å². The molecule has 0 fully saturated rings. The molecule has 1 aromatic carbocycles. The molecule has 0 atom stereocenters. The topological polar surface area (TPSA) is 149 Å². The molecule has 0 heterocycles. The fraction of sp³-hybridized carbons (Fsp3) is 0.545. The summed E-state index contributed by atoms with van der Waals surface area (Å²) in [6.45, 7) is 0. The van der Waals surface area contributed by atoms with Crippen molar-refractivity contribution in [3.8, 4) is 0 Å². The number of carboxylic acid groups (broad SMARTS) is 4. The summed E-state index contributed by atoms with van der Waals surface area (Å²) < 4.78 is 0. The number of hydrogen-bond acceptors (Lipinski definition) is 4. The minimum Gasteiger partial charge on any atom is -0.481 e. The molecule has 1 aromatic rings. The van der Waals surface area contributed by atoms with Gasteiger partial charge in [-0.25, -0.2) is 0 Å². The van der Waals surface area contributed by atoms with E-state index in [9.17, 15) is 19.2 Å². The van der Waals surface area contributed by atoms with E-state index in [1.54, 1.807) is 0 Å². The summed E-state index contributed by atoms with van der Waals surface area (Å²) >= 11 is 0. The Balaban J connectivity index is 3.17. The quantitative estimate of drug-likeness (QED) is 0.317. The van der Waals surface area contributed by atoms with E-state index >= 15 is 0 Å². The van der Waals surface area contributed by atoms with Crippen LogP contribution in [0.2, 0.25) is 0 Å². The van der Waals surface area contributed by atoms with Crippen LogP contribution in [0, 0.1) is 0 Å². The van der Waals surface area contributed by atoms with E-state index in [0.717, 1.165) is 22.3 Å². The number of rotatable bonds is 16. The smallest absolute Gasteiger partial charge is 0.303 e. The van der Waals surface area contributed by atoms with Crippen molar-refractivity contribution >= 4 is 23.9 Å². The van der Waals surface area contributed by atoms with Crippen molar-refractivity contribution in [2.24, 2.45) is 0 Å². The number of carbonyl (C=O) groups is 4. The first-order valence-electron chi connectivity index (χ1n) is 10.2. The third kappa shape index (κ3) is 10.0. The van der Waals surface area contributed by atoms with Crippen molar-refractivity contribution in [2.45, 2.75) is 77.0 Å². The van der Waals surface area contributed by atoms with Crippen LogP contribution >= 0.6 is 0 Å². The highest BCUT2D eigenvalue weighted by Crippen LogP contribution is 2.26. The van der Waals surface area contributed by atoms with Crippen molar-refractivity contribution < 1.29 is 39.6 Å². The molecular weight excluding hydrogens is 392 g/mol. The molecule has 166 valence electrons. The molecule has 30 heavy (non-hydrogen) atoms. The van der Waals surface area contributed by atoms with E-state index in [2.05, 4.69) is 0 Å². The van der Waals surface area contributed by atoms with Gasteiger partial charge in [0.15, 0.2) is 0 Å². The van der Waals surface area contributed by atoms with Crippen molar-refractivity contribution in [3.63, 3.8) is 0 Å². The largest absolute Gasteiger partial charge is 0.481 e. The minimum absolute atomic E-state index is 0.00632. The Morgan fingerprint density at radius 2 is 0.767 bits per heavy atom. The van der Waals surface area contributed by atoms with E-state index in [1.165, 1.54) is 0 Å². The first-order chi connectivity index (χ1) is 14.2. The third-order valence-electron chi connectivity index (χ3n) is 4.93. The summed E-state index contributed by atoms with van der Waals surface area (Å²) in [7, 11) is 0. The number of aliphatic carboxylic acids is 4. The van der Waals surface area contributed by atoms with E-state index in [1.807, 2.05) is 12.1 Å². The Labute approximate surface area is 175 Å². The van der Waals surface area contributed by atoms with E-state index in [-0.39, 0.29) is 25.7 Å². The molecule has 1 rings (SSSR count). The fourth-order valence-electron chi connectivity index (χ4n) is 3.57. The Morgan fingerprint density at radius 3 is 1.03 bits per heavy atom. The molecule has 0 saturated heterocycles. The minimum atomic E-state index is -0.896. The zero-order valence-corrected chi connectivity index (χ0v) is 17.1. The highest BCUT2D eigenvalue weighted by Gasteiger charge is 2.15. The molecule has 0 aliphatic rings. The van der Waals surface area contributed by atoms with Crippen LogP contribution in [-0.2, 0) is 44.9 Å². The lowest BCUT2D eigenvalue weighted by atomic mass is 9.86. The maximum Gasteiger partial charge on any atom is 0.303 e. The van der Waals surface area contributed by atoms with Crippen LogP contribution in [0.3, 0.4) is 0 Å². The molecule has 4 N–H and O–H groups in total. The molecule has 0 aromatic heterocycles.